The molecule has 2 atom stereocenters. The fraction of sp³-hybridized carbons (Fsp3) is 0.316. The second kappa shape index (κ2) is 7.01. The molecule has 0 fully saturated rings. The van der Waals surface area contributed by atoms with E-state index in [0.717, 1.165) is 24.2 Å². The van der Waals surface area contributed by atoms with Gasteiger partial charge in [-0.15, -0.1) is 11.8 Å². The van der Waals surface area contributed by atoms with E-state index in [1.165, 1.54) is 11.1 Å². The molecule has 0 aromatic heterocycles. The number of hydrogen-bond donors (Lipinski definition) is 1. The van der Waals surface area contributed by atoms with E-state index in [1.807, 2.05) is 37.3 Å². The maximum atomic E-state index is 12.5. The van der Waals surface area contributed by atoms with Gasteiger partial charge in [-0.25, -0.2) is 0 Å². The zero-order valence-electron chi connectivity index (χ0n) is 12.8. The summed E-state index contributed by atoms with van der Waals surface area (Å²) in [6.07, 6.45) is 3.30. The molecule has 114 valence electrons. The van der Waals surface area contributed by atoms with Crippen LogP contribution in [0.25, 0.3) is 0 Å². The van der Waals surface area contributed by atoms with Crippen LogP contribution in [0.3, 0.4) is 0 Å². The topological polar surface area (TPSA) is 29.1 Å². The molecule has 2 aromatic rings. The number of carbonyl (C=O) groups excluding carboxylic acids is 1. The van der Waals surface area contributed by atoms with Crippen molar-refractivity contribution in [1.29, 1.82) is 0 Å². The molecule has 0 saturated heterocycles. The van der Waals surface area contributed by atoms with Gasteiger partial charge in [-0.05, 0) is 49.4 Å². The number of nitrogens with one attached hydrogen (secondary N) is 1. The molecule has 1 aliphatic carbocycles. The van der Waals surface area contributed by atoms with Gasteiger partial charge in [0.05, 0.1) is 11.3 Å². The molecule has 0 heterocycles. The Labute approximate surface area is 136 Å². The lowest BCUT2D eigenvalue weighted by Gasteiger charge is -2.27. The van der Waals surface area contributed by atoms with Crippen molar-refractivity contribution >= 4 is 17.7 Å². The molecule has 2 aromatic carbocycles. The lowest BCUT2D eigenvalue weighted by atomic mass is 9.88. The third-order valence-corrected chi connectivity index (χ3v) is 5.22. The Kier molecular flexibility index (Phi) is 4.84. The van der Waals surface area contributed by atoms with Crippen LogP contribution >= 0.6 is 11.8 Å². The highest BCUT2D eigenvalue weighted by molar-refractivity contribution is 8.00. The molecule has 1 aliphatic rings. The van der Waals surface area contributed by atoms with Gasteiger partial charge in [0.1, 0.15) is 0 Å². The summed E-state index contributed by atoms with van der Waals surface area (Å²) in [5.74, 6) is 0.121. The number of thioether (sulfide) groups is 1. The number of benzene rings is 2. The van der Waals surface area contributed by atoms with E-state index < -0.39 is 0 Å². The minimum Gasteiger partial charge on any atom is -0.348 e. The highest BCUT2D eigenvalue weighted by atomic mass is 32.2. The summed E-state index contributed by atoms with van der Waals surface area (Å²) >= 11 is 1.61. The molecule has 1 N–H and O–H groups in total. The monoisotopic (exact) mass is 311 g/mol. The largest absolute Gasteiger partial charge is 0.348 e. The quantitative estimate of drug-likeness (QED) is 0.850. The van der Waals surface area contributed by atoms with Crippen LogP contribution in [-0.2, 0) is 11.2 Å². The average Bonchev–Trinajstić information content (AvgIpc) is 2.56. The average molecular weight is 311 g/mol. The van der Waals surface area contributed by atoms with Crippen LogP contribution < -0.4 is 5.32 Å². The molecule has 3 heteroatoms. The van der Waals surface area contributed by atoms with Crippen LogP contribution in [0.5, 0.6) is 0 Å². The first-order valence-electron chi connectivity index (χ1n) is 7.84. The number of carbonyl (C=O) groups is 1. The normalized spacial score (nSPS) is 18.3. The Bertz CT molecular complexity index is 641. The minimum absolute atomic E-state index is 0.0866. The number of fused-ring (bicyclic) bond motifs is 1. The highest BCUT2D eigenvalue weighted by Crippen LogP contribution is 2.30. The maximum Gasteiger partial charge on any atom is 0.233 e. The molecular weight excluding hydrogens is 290 g/mol. The van der Waals surface area contributed by atoms with Gasteiger partial charge in [0.25, 0.3) is 0 Å². The van der Waals surface area contributed by atoms with Gasteiger partial charge >= 0.3 is 0 Å². The molecule has 0 spiro atoms. The van der Waals surface area contributed by atoms with E-state index in [1.54, 1.807) is 11.8 Å². The van der Waals surface area contributed by atoms with Gasteiger partial charge in [-0.3, -0.25) is 4.79 Å². The van der Waals surface area contributed by atoms with Crippen LogP contribution in [0.1, 0.15) is 36.9 Å². The van der Waals surface area contributed by atoms with Gasteiger partial charge in [0.2, 0.25) is 5.91 Å². The standard InChI is InChI=1S/C19H21NOS/c1-14(22-16-10-3-2-4-11-16)19(21)20-18-13-7-9-15-8-5-6-12-17(15)18/h2-6,8,10-12,14,18H,7,9,13H2,1H3,(H,20,21)/t14-,18+/m1/s1. The van der Waals surface area contributed by atoms with Crippen molar-refractivity contribution in [2.75, 3.05) is 0 Å². The third-order valence-electron chi connectivity index (χ3n) is 4.11. The summed E-state index contributed by atoms with van der Waals surface area (Å²) in [7, 11) is 0. The summed E-state index contributed by atoms with van der Waals surface area (Å²) < 4.78 is 0. The Morgan fingerprint density at radius 1 is 1.14 bits per heavy atom. The first kappa shape index (κ1) is 15.2. The van der Waals surface area contributed by atoms with Crippen LogP contribution in [0.2, 0.25) is 0 Å². The second-order valence-corrected chi connectivity index (χ2v) is 7.14. The predicted molar refractivity (Wildman–Crippen MR) is 92.0 cm³/mol. The van der Waals surface area contributed by atoms with Crippen LogP contribution in [0, 0.1) is 0 Å². The Morgan fingerprint density at radius 3 is 2.68 bits per heavy atom. The number of amides is 1. The van der Waals surface area contributed by atoms with Gasteiger partial charge in [0.15, 0.2) is 0 Å². The van der Waals surface area contributed by atoms with Crippen LogP contribution in [0.15, 0.2) is 59.5 Å². The van der Waals surface area contributed by atoms with E-state index in [0.29, 0.717) is 0 Å². The number of hydrogen-bond acceptors (Lipinski definition) is 2. The van der Waals surface area contributed by atoms with Crippen molar-refractivity contribution < 1.29 is 4.79 Å². The smallest absolute Gasteiger partial charge is 0.233 e. The predicted octanol–water partition coefficient (Wildman–Crippen LogP) is 4.36. The summed E-state index contributed by atoms with van der Waals surface area (Å²) in [4.78, 5) is 13.6. The van der Waals surface area contributed by atoms with Crippen LogP contribution in [-0.4, -0.2) is 11.2 Å². The van der Waals surface area contributed by atoms with Crippen molar-refractivity contribution in [3.8, 4) is 0 Å². The number of aryl methyl sites for hydroxylation is 1. The first-order chi connectivity index (χ1) is 10.7. The van der Waals surface area contributed by atoms with E-state index in [2.05, 4.69) is 29.6 Å². The highest BCUT2D eigenvalue weighted by Gasteiger charge is 2.23. The van der Waals surface area contributed by atoms with Gasteiger partial charge in [0, 0.05) is 4.90 Å². The Hall–Kier alpha value is -1.74. The Morgan fingerprint density at radius 2 is 1.86 bits per heavy atom. The van der Waals surface area contributed by atoms with E-state index in [9.17, 15) is 4.79 Å². The summed E-state index contributed by atoms with van der Waals surface area (Å²) in [5, 5.41) is 3.15. The molecule has 2 nitrogen and oxygen atoms in total. The SMILES string of the molecule is C[C@@H](Sc1ccccc1)C(=O)N[C@H]1CCCc2ccccc21. The maximum absolute atomic E-state index is 12.5. The van der Waals surface area contributed by atoms with Crippen molar-refractivity contribution in [3.63, 3.8) is 0 Å². The first-order valence-corrected chi connectivity index (χ1v) is 8.72. The molecule has 0 unspecified atom stereocenters. The molecule has 3 rings (SSSR count). The molecule has 0 aliphatic heterocycles. The molecule has 0 bridgehead atoms. The lowest BCUT2D eigenvalue weighted by Crippen LogP contribution is -2.35. The van der Waals surface area contributed by atoms with Crippen molar-refractivity contribution in [2.45, 2.75) is 42.4 Å². The number of rotatable bonds is 4. The van der Waals surface area contributed by atoms with Crippen molar-refractivity contribution in [2.24, 2.45) is 0 Å². The summed E-state index contributed by atoms with van der Waals surface area (Å²) in [6, 6.07) is 18.7. The fourth-order valence-electron chi connectivity index (χ4n) is 2.95. The zero-order chi connectivity index (χ0) is 15.4. The minimum atomic E-state index is -0.0866. The molecule has 1 amide bonds. The third kappa shape index (κ3) is 3.53. The fourth-order valence-corrected chi connectivity index (χ4v) is 3.85. The van der Waals surface area contributed by atoms with E-state index >= 15 is 0 Å². The Balaban J connectivity index is 1.65. The van der Waals surface area contributed by atoms with Crippen LogP contribution in [0.4, 0.5) is 0 Å². The van der Waals surface area contributed by atoms with E-state index in [4.69, 9.17) is 0 Å². The second-order valence-electron chi connectivity index (χ2n) is 5.73. The molecular formula is C19H21NOS. The van der Waals surface area contributed by atoms with Gasteiger partial charge in [-0.1, -0.05) is 42.5 Å². The molecule has 0 radical (unpaired) electrons. The molecule has 22 heavy (non-hydrogen) atoms. The lowest BCUT2D eigenvalue weighted by molar-refractivity contribution is -0.121. The van der Waals surface area contributed by atoms with Gasteiger partial charge in [-0.2, -0.15) is 0 Å². The zero-order valence-corrected chi connectivity index (χ0v) is 13.6. The van der Waals surface area contributed by atoms with Crippen molar-refractivity contribution in [3.05, 3.63) is 65.7 Å². The van der Waals surface area contributed by atoms with E-state index in [-0.39, 0.29) is 17.2 Å². The molecule has 0 saturated carbocycles. The summed E-state index contributed by atoms with van der Waals surface area (Å²) in [5.41, 5.74) is 2.67. The summed E-state index contributed by atoms with van der Waals surface area (Å²) in [6.45, 7) is 1.97. The van der Waals surface area contributed by atoms with Gasteiger partial charge < -0.3 is 5.32 Å². The van der Waals surface area contributed by atoms with Crippen molar-refractivity contribution in [1.82, 2.24) is 5.32 Å².